The Bertz CT molecular complexity index is 3020. The Hall–Kier alpha value is -6.22. The molecule has 1 nitrogen and oxygen atoms in total. The van der Waals surface area contributed by atoms with Crippen molar-refractivity contribution >= 4 is 59.3 Å². The van der Waals surface area contributed by atoms with E-state index in [1.54, 1.807) is 0 Å². The van der Waals surface area contributed by atoms with Gasteiger partial charge in [-0.15, -0.1) is 0 Å². The van der Waals surface area contributed by atoms with Crippen LogP contribution in [0.3, 0.4) is 0 Å². The molecule has 10 aromatic rings. The predicted octanol–water partition coefficient (Wildman–Crippen LogP) is 13.9. The fourth-order valence-corrected chi connectivity index (χ4v) is 9.71. The van der Waals surface area contributed by atoms with Crippen LogP contribution in [0.2, 0.25) is 0 Å². The lowest BCUT2D eigenvalue weighted by atomic mass is 9.67. The summed E-state index contributed by atoms with van der Waals surface area (Å²) in [5.74, 6) is 0. The van der Waals surface area contributed by atoms with Gasteiger partial charge in [0, 0.05) is 20.9 Å². The number of aromatic nitrogens is 1. The van der Waals surface area contributed by atoms with Crippen molar-refractivity contribution in [2.24, 2.45) is 0 Å². The van der Waals surface area contributed by atoms with Gasteiger partial charge in [-0.25, -0.2) is 0 Å². The van der Waals surface area contributed by atoms with E-state index in [0.29, 0.717) is 0 Å². The quantitative estimate of drug-likeness (QED) is 0.169. The lowest BCUT2D eigenvalue weighted by Gasteiger charge is -2.34. The van der Waals surface area contributed by atoms with Crippen LogP contribution in [0.1, 0.15) is 22.3 Å². The number of rotatable bonds is 4. The van der Waals surface area contributed by atoms with Gasteiger partial charge in [0.2, 0.25) is 0 Å². The Labute approximate surface area is 316 Å². The Morgan fingerprint density at radius 1 is 0.396 bits per heavy atom. The first kappa shape index (κ1) is 30.4. The van der Waals surface area contributed by atoms with E-state index in [1.807, 2.05) is 0 Å². The number of hydrogen-bond donors (Lipinski definition) is 0. The zero-order chi connectivity index (χ0) is 35.1. The Kier molecular flexibility index (Phi) is 6.68. The topological polar surface area (TPSA) is 4.93 Å². The van der Waals surface area contributed by atoms with Crippen molar-refractivity contribution in [3.63, 3.8) is 0 Å². The summed E-state index contributed by atoms with van der Waals surface area (Å²) in [5, 5.41) is 7.53. The SMILES string of the molecule is Brc1cccc(-c2cc3c(c4ccccc24)c2cc4ccccc4cc2n3-c2ccc3c(c2)C(c2ccccc2)(c2ccccc2)c2ccccc2-3)c1. The van der Waals surface area contributed by atoms with Crippen molar-refractivity contribution in [3.8, 4) is 27.9 Å². The smallest absolute Gasteiger partial charge is 0.0714 e. The number of fused-ring (bicyclic) bond motifs is 9. The van der Waals surface area contributed by atoms with Crippen molar-refractivity contribution in [2.45, 2.75) is 5.41 Å². The summed E-state index contributed by atoms with van der Waals surface area (Å²) in [5.41, 5.74) is 13.2. The number of benzene rings is 9. The fourth-order valence-electron chi connectivity index (χ4n) is 9.31. The summed E-state index contributed by atoms with van der Waals surface area (Å²) < 4.78 is 3.59. The van der Waals surface area contributed by atoms with Crippen LogP contribution in [-0.2, 0) is 5.41 Å². The minimum Gasteiger partial charge on any atom is -0.309 e. The largest absolute Gasteiger partial charge is 0.309 e. The van der Waals surface area contributed by atoms with Gasteiger partial charge in [0.05, 0.1) is 16.4 Å². The van der Waals surface area contributed by atoms with Crippen LogP contribution in [0.15, 0.2) is 199 Å². The van der Waals surface area contributed by atoms with Crippen LogP contribution in [0.25, 0.3) is 71.3 Å². The van der Waals surface area contributed by atoms with Gasteiger partial charge in [-0.2, -0.15) is 0 Å². The molecule has 0 aliphatic heterocycles. The Balaban J connectivity index is 1.30. The lowest BCUT2D eigenvalue weighted by molar-refractivity contribution is 0.767. The van der Waals surface area contributed by atoms with Gasteiger partial charge in [-0.3, -0.25) is 0 Å². The molecule has 1 aromatic heterocycles. The third-order valence-corrected chi connectivity index (χ3v) is 12.0. The monoisotopic (exact) mass is 737 g/mol. The Morgan fingerprint density at radius 2 is 1.04 bits per heavy atom. The third-order valence-electron chi connectivity index (χ3n) is 11.5. The minimum absolute atomic E-state index is 0.482. The van der Waals surface area contributed by atoms with E-state index in [4.69, 9.17) is 0 Å². The van der Waals surface area contributed by atoms with Gasteiger partial charge in [-0.05, 0) is 109 Å². The molecule has 0 N–H and O–H groups in total. The molecule has 0 bridgehead atoms. The minimum atomic E-state index is -0.482. The number of halogens is 1. The zero-order valence-corrected chi connectivity index (χ0v) is 30.4. The average Bonchev–Trinajstić information content (AvgIpc) is 3.70. The summed E-state index contributed by atoms with van der Waals surface area (Å²) in [7, 11) is 0. The first-order valence-corrected chi connectivity index (χ1v) is 19.0. The molecule has 0 amide bonds. The summed E-state index contributed by atoms with van der Waals surface area (Å²) in [6.07, 6.45) is 0. The molecule has 1 aliphatic carbocycles. The molecule has 0 unspecified atom stereocenters. The molecule has 2 heteroatoms. The molecule has 248 valence electrons. The van der Waals surface area contributed by atoms with Crippen molar-refractivity contribution in [1.82, 2.24) is 4.57 Å². The van der Waals surface area contributed by atoms with Crippen molar-refractivity contribution in [3.05, 3.63) is 221 Å². The second-order valence-corrected chi connectivity index (χ2v) is 15.1. The van der Waals surface area contributed by atoms with Gasteiger partial charge in [0.15, 0.2) is 0 Å². The summed E-state index contributed by atoms with van der Waals surface area (Å²) in [4.78, 5) is 0. The molecular weight excluding hydrogens is 706 g/mol. The van der Waals surface area contributed by atoms with E-state index in [-0.39, 0.29) is 0 Å². The van der Waals surface area contributed by atoms with E-state index in [0.717, 1.165) is 10.2 Å². The van der Waals surface area contributed by atoms with Crippen LogP contribution in [0.5, 0.6) is 0 Å². The van der Waals surface area contributed by atoms with Gasteiger partial charge in [0.25, 0.3) is 0 Å². The summed E-state index contributed by atoms with van der Waals surface area (Å²) in [6.45, 7) is 0. The molecule has 11 rings (SSSR count). The van der Waals surface area contributed by atoms with Gasteiger partial charge < -0.3 is 4.57 Å². The summed E-state index contributed by atoms with van der Waals surface area (Å²) in [6, 6.07) is 71.9. The first-order valence-electron chi connectivity index (χ1n) is 18.2. The maximum atomic E-state index is 3.76. The molecule has 0 spiro atoms. The molecule has 1 heterocycles. The molecule has 53 heavy (non-hydrogen) atoms. The second kappa shape index (κ2) is 11.6. The van der Waals surface area contributed by atoms with Crippen LogP contribution in [0, 0.1) is 0 Å². The normalized spacial score (nSPS) is 13.2. The van der Waals surface area contributed by atoms with Gasteiger partial charge >= 0.3 is 0 Å². The van der Waals surface area contributed by atoms with Crippen molar-refractivity contribution in [2.75, 3.05) is 0 Å². The highest BCUT2D eigenvalue weighted by molar-refractivity contribution is 9.10. The van der Waals surface area contributed by atoms with E-state index in [2.05, 4.69) is 215 Å². The molecule has 0 saturated heterocycles. The van der Waals surface area contributed by atoms with E-state index >= 15 is 0 Å². The van der Waals surface area contributed by atoms with E-state index < -0.39 is 5.41 Å². The van der Waals surface area contributed by atoms with Crippen molar-refractivity contribution in [1.29, 1.82) is 0 Å². The highest BCUT2D eigenvalue weighted by Gasteiger charge is 2.46. The fraction of sp³-hybridized carbons (Fsp3) is 0.0196. The molecular formula is C51H32BrN. The zero-order valence-electron chi connectivity index (χ0n) is 28.8. The number of hydrogen-bond acceptors (Lipinski definition) is 0. The molecule has 0 saturated carbocycles. The van der Waals surface area contributed by atoms with Crippen LogP contribution in [0.4, 0.5) is 0 Å². The van der Waals surface area contributed by atoms with E-state index in [1.165, 1.54) is 87.9 Å². The van der Waals surface area contributed by atoms with Crippen LogP contribution >= 0.6 is 15.9 Å². The van der Waals surface area contributed by atoms with Crippen LogP contribution in [-0.4, -0.2) is 4.57 Å². The Morgan fingerprint density at radius 3 is 1.79 bits per heavy atom. The number of nitrogens with zero attached hydrogens (tertiary/aromatic N) is 1. The predicted molar refractivity (Wildman–Crippen MR) is 226 cm³/mol. The molecule has 9 aromatic carbocycles. The second-order valence-electron chi connectivity index (χ2n) is 14.2. The van der Waals surface area contributed by atoms with Crippen LogP contribution < -0.4 is 0 Å². The average molecular weight is 739 g/mol. The maximum Gasteiger partial charge on any atom is 0.0714 e. The maximum absolute atomic E-state index is 3.76. The van der Waals surface area contributed by atoms with Crippen molar-refractivity contribution < 1.29 is 0 Å². The third kappa shape index (κ3) is 4.37. The first-order chi connectivity index (χ1) is 26.2. The summed E-state index contributed by atoms with van der Waals surface area (Å²) >= 11 is 3.76. The lowest BCUT2D eigenvalue weighted by Crippen LogP contribution is -2.28. The molecule has 0 atom stereocenters. The molecule has 1 aliphatic rings. The standard InChI is InChI=1S/C51H32BrN/c52-38-21-13-16-35(28-38)44-32-49-50(43-24-10-9-22-40(43)44)45-29-33-14-7-8-15-34(33)30-48(45)53(49)39-26-27-42-41-23-11-12-25-46(41)51(47(42)31-39,36-17-3-1-4-18-36)37-19-5-2-6-20-37/h1-32H. The highest BCUT2D eigenvalue weighted by atomic mass is 79.9. The molecule has 0 radical (unpaired) electrons. The van der Waals surface area contributed by atoms with Gasteiger partial charge in [-0.1, -0.05) is 168 Å². The highest BCUT2D eigenvalue weighted by Crippen LogP contribution is 2.56. The molecule has 0 fully saturated rings. The van der Waals surface area contributed by atoms with E-state index in [9.17, 15) is 0 Å². The van der Waals surface area contributed by atoms with Gasteiger partial charge in [0.1, 0.15) is 0 Å².